The number of rotatable bonds is 17. The lowest BCUT2D eigenvalue weighted by Gasteiger charge is -2.17. The van der Waals surface area contributed by atoms with Gasteiger partial charge in [-0.25, -0.2) is 14.6 Å². The van der Waals surface area contributed by atoms with E-state index in [1.54, 1.807) is 31.2 Å². The maximum absolute atomic E-state index is 12.3. The molecule has 190 valence electrons. The van der Waals surface area contributed by atoms with Crippen LogP contribution in [0.3, 0.4) is 0 Å². The highest BCUT2D eigenvalue weighted by atomic mass is 16.6. The molecular formula is C22H32N2O10. The predicted molar refractivity (Wildman–Crippen MR) is 120 cm³/mol. The number of hydrogen-bond donors (Lipinski definition) is 2. The first-order valence-electron chi connectivity index (χ1n) is 10.7. The quantitative estimate of drug-likeness (QED) is 0.176. The van der Waals surface area contributed by atoms with Gasteiger partial charge in [0.2, 0.25) is 0 Å². The molecule has 0 spiro atoms. The van der Waals surface area contributed by atoms with Gasteiger partial charge >= 0.3 is 18.0 Å². The van der Waals surface area contributed by atoms with Crippen molar-refractivity contribution in [3.8, 4) is 5.75 Å². The van der Waals surface area contributed by atoms with Gasteiger partial charge in [-0.1, -0.05) is 0 Å². The van der Waals surface area contributed by atoms with E-state index in [0.29, 0.717) is 11.3 Å². The third kappa shape index (κ3) is 13.5. The Morgan fingerprint density at radius 2 is 1.47 bits per heavy atom. The normalized spacial score (nSPS) is 10.8. The summed E-state index contributed by atoms with van der Waals surface area (Å²) in [5.41, 5.74) is 0.615. The van der Waals surface area contributed by atoms with Crippen molar-refractivity contribution in [2.75, 3.05) is 72.6 Å². The molecule has 1 aromatic carbocycles. The number of aliphatic imine (C=N–C) groups is 1. The number of benzene rings is 1. The van der Waals surface area contributed by atoms with Gasteiger partial charge in [0.05, 0.1) is 39.6 Å². The number of hydrogen-bond acceptors (Lipinski definition) is 10. The Morgan fingerprint density at radius 3 is 2.03 bits per heavy atom. The summed E-state index contributed by atoms with van der Waals surface area (Å²) in [5, 5.41) is 17.2. The molecule has 0 aliphatic rings. The van der Waals surface area contributed by atoms with Crippen LogP contribution in [0.5, 0.6) is 5.75 Å². The lowest BCUT2D eigenvalue weighted by Crippen LogP contribution is -2.34. The molecule has 1 aromatic rings. The van der Waals surface area contributed by atoms with Crippen molar-refractivity contribution in [3.63, 3.8) is 0 Å². The SMILES string of the molecule is CCN(CC(=O)OCCOCCO)C(=O)N=Cc1ccc(OCC(=O)OCCOCCO)cc1. The maximum Gasteiger partial charge on any atom is 0.344 e. The minimum absolute atomic E-state index is 0.0268. The van der Waals surface area contributed by atoms with Gasteiger partial charge in [0.1, 0.15) is 25.5 Å². The molecule has 0 bridgehead atoms. The molecule has 0 saturated heterocycles. The van der Waals surface area contributed by atoms with Crippen LogP contribution < -0.4 is 4.74 Å². The predicted octanol–water partition coefficient (Wildman–Crippen LogP) is 0.0304. The molecule has 0 heterocycles. The molecule has 12 heteroatoms. The molecule has 0 radical (unpaired) electrons. The average molecular weight is 485 g/mol. The van der Waals surface area contributed by atoms with Gasteiger partial charge < -0.3 is 38.8 Å². The van der Waals surface area contributed by atoms with Gasteiger partial charge in [-0.15, -0.1) is 0 Å². The molecule has 0 aromatic heterocycles. The first kappa shape index (κ1) is 29.0. The lowest BCUT2D eigenvalue weighted by molar-refractivity contribution is -0.147. The third-order valence-electron chi connectivity index (χ3n) is 3.99. The van der Waals surface area contributed by atoms with E-state index < -0.39 is 18.0 Å². The lowest BCUT2D eigenvalue weighted by atomic mass is 10.2. The van der Waals surface area contributed by atoms with E-state index in [2.05, 4.69) is 4.99 Å². The minimum Gasteiger partial charge on any atom is -0.482 e. The van der Waals surface area contributed by atoms with Crippen LogP contribution in [0.4, 0.5) is 4.79 Å². The summed E-state index contributed by atoms with van der Waals surface area (Å²) in [4.78, 5) is 40.8. The van der Waals surface area contributed by atoms with Crippen LogP contribution >= 0.6 is 0 Å². The molecule has 0 atom stereocenters. The number of amides is 2. The van der Waals surface area contributed by atoms with Crippen molar-refractivity contribution < 1.29 is 48.3 Å². The molecule has 34 heavy (non-hydrogen) atoms. The monoisotopic (exact) mass is 484 g/mol. The van der Waals surface area contributed by atoms with E-state index in [9.17, 15) is 14.4 Å². The van der Waals surface area contributed by atoms with Crippen LogP contribution in [-0.4, -0.2) is 112 Å². The van der Waals surface area contributed by atoms with E-state index in [4.69, 9.17) is 33.9 Å². The zero-order valence-electron chi connectivity index (χ0n) is 19.2. The average Bonchev–Trinajstić information content (AvgIpc) is 2.85. The van der Waals surface area contributed by atoms with Crippen molar-refractivity contribution in [3.05, 3.63) is 29.8 Å². The van der Waals surface area contributed by atoms with E-state index in [1.165, 1.54) is 11.1 Å². The standard InChI is InChI=1S/C22H32N2O10/c1-2-24(16-20(27)32-13-11-30-9-7-25)22(29)23-15-18-3-5-19(6-4-18)34-17-21(28)33-14-12-31-10-8-26/h3-6,15,25-26H,2,7-14,16-17H2,1H3. The molecule has 0 aliphatic heterocycles. The highest BCUT2D eigenvalue weighted by Crippen LogP contribution is 2.11. The Hall–Kier alpha value is -3.06. The number of aliphatic hydroxyl groups is 2. The van der Waals surface area contributed by atoms with Crippen molar-refractivity contribution in [2.45, 2.75) is 6.92 Å². The second-order valence-electron chi connectivity index (χ2n) is 6.53. The molecule has 0 fully saturated rings. The first-order chi connectivity index (χ1) is 16.5. The Kier molecular flexibility index (Phi) is 15.7. The minimum atomic E-state index is -0.595. The van der Waals surface area contributed by atoms with E-state index in [1.807, 2.05) is 0 Å². The van der Waals surface area contributed by atoms with Gasteiger partial charge in [0.25, 0.3) is 0 Å². The van der Waals surface area contributed by atoms with Crippen molar-refractivity contribution >= 4 is 24.2 Å². The summed E-state index contributed by atoms with van der Waals surface area (Å²) in [5.74, 6) is -0.715. The number of carbonyl (C=O) groups excluding carboxylic acids is 3. The van der Waals surface area contributed by atoms with Crippen molar-refractivity contribution in [1.29, 1.82) is 0 Å². The van der Waals surface area contributed by atoms with E-state index in [0.717, 1.165) is 0 Å². The number of nitrogens with zero attached hydrogens (tertiary/aromatic N) is 2. The fourth-order valence-electron chi connectivity index (χ4n) is 2.32. The molecule has 0 saturated carbocycles. The second-order valence-corrected chi connectivity index (χ2v) is 6.53. The Bertz CT molecular complexity index is 755. The zero-order valence-corrected chi connectivity index (χ0v) is 19.2. The summed E-state index contributed by atoms with van der Waals surface area (Å²) in [7, 11) is 0. The van der Waals surface area contributed by atoms with Gasteiger partial charge in [0, 0.05) is 12.8 Å². The number of carbonyl (C=O) groups is 3. The van der Waals surface area contributed by atoms with E-state index >= 15 is 0 Å². The Morgan fingerprint density at radius 1 is 0.882 bits per heavy atom. The highest BCUT2D eigenvalue weighted by molar-refractivity contribution is 5.92. The topological polar surface area (TPSA) is 153 Å². The highest BCUT2D eigenvalue weighted by Gasteiger charge is 2.15. The van der Waals surface area contributed by atoms with Gasteiger partial charge in [0.15, 0.2) is 6.61 Å². The number of esters is 2. The number of ether oxygens (including phenoxy) is 5. The van der Waals surface area contributed by atoms with Crippen molar-refractivity contribution in [1.82, 2.24) is 4.90 Å². The van der Waals surface area contributed by atoms with Crippen LogP contribution in [0.2, 0.25) is 0 Å². The summed E-state index contributed by atoms with van der Waals surface area (Å²) in [6.45, 7) is 2.03. The van der Waals surface area contributed by atoms with Crippen molar-refractivity contribution in [2.24, 2.45) is 4.99 Å². The molecule has 2 N–H and O–H groups in total. The first-order valence-corrected chi connectivity index (χ1v) is 10.7. The van der Waals surface area contributed by atoms with Gasteiger partial charge in [-0.05, 0) is 36.8 Å². The Balaban J connectivity index is 2.38. The summed E-state index contributed by atoms with van der Waals surface area (Å²) in [6.07, 6.45) is 1.35. The van der Waals surface area contributed by atoms with Crippen LogP contribution in [0, 0.1) is 0 Å². The van der Waals surface area contributed by atoms with Crippen LogP contribution in [0.15, 0.2) is 29.3 Å². The maximum atomic E-state index is 12.3. The molecular weight excluding hydrogens is 452 g/mol. The van der Waals surface area contributed by atoms with Gasteiger partial charge in [-0.3, -0.25) is 4.79 Å². The molecule has 0 aliphatic carbocycles. The summed E-state index contributed by atoms with van der Waals surface area (Å²) in [6, 6.07) is 5.92. The Labute approximate surface area is 198 Å². The fraction of sp³-hybridized carbons (Fsp3) is 0.545. The smallest absolute Gasteiger partial charge is 0.344 e. The second kappa shape index (κ2) is 18.4. The van der Waals surface area contributed by atoms with Gasteiger partial charge in [-0.2, -0.15) is 0 Å². The molecule has 12 nitrogen and oxygen atoms in total. The third-order valence-corrected chi connectivity index (χ3v) is 3.99. The summed E-state index contributed by atoms with van der Waals surface area (Å²) < 4.78 is 25.2. The molecule has 0 unspecified atom stereocenters. The van der Waals surface area contributed by atoms with E-state index in [-0.39, 0.29) is 72.6 Å². The number of aliphatic hydroxyl groups excluding tert-OH is 2. The van der Waals surface area contributed by atoms with Crippen LogP contribution in [-0.2, 0) is 28.5 Å². The zero-order chi connectivity index (χ0) is 25.0. The fourth-order valence-corrected chi connectivity index (χ4v) is 2.32. The number of likely N-dealkylation sites (N-methyl/N-ethyl adjacent to an activating group) is 1. The van der Waals surface area contributed by atoms with Crippen LogP contribution in [0.1, 0.15) is 12.5 Å². The molecule has 2 amide bonds. The largest absolute Gasteiger partial charge is 0.482 e. The number of urea groups is 1. The molecule has 1 rings (SSSR count). The summed E-state index contributed by atoms with van der Waals surface area (Å²) >= 11 is 0. The van der Waals surface area contributed by atoms with Crippen LogP contribution in [0.25, 0.3) is 0 Å².